The van der Waals surface area contributed by atoms with Gasteiger partial charge in [-0.1, -0.05) is 0 Å². The predicted octanol–water partition coefficient (Wildman–Crippen LogP) is -0.957. The average Bonchev–Trinajstić information content (AvgIpc) is 2.30. The monoisotopic (exact) mass is 245 g/mol. The molecular formula is C10H19N3O4. The molecule has 1 aliphatic rings. The van der Waals surface area contributed by atoms with Crippen molar-refractivity contribution in [1.82, 2.24) is 15.1 Å². The molecular weight excluding hydrogens is 226 g/mol. The number of piperazine rings is 1. The minimum atomic E-state index is -1.08. The lowest BCUT2D eigenvalue weighted by atomic mass is 10.3. The lowest BCUT2D eigenvalue weighted by Crippen LogP contribution is -2.52. The van der Waals surface area contributed by atoms with Crippen LogP contribution in [0.25, 0.3) is 0 Å². The summed E-state index contributed by atoms with van der Waals surface area (Å²) in [5.41, 5.74) is 0. The molecule has 0 bridgehead atoms. The molecule has 1 atom stereocenters. The highest BCUT2D eigenvalue weighted by atomic mass is 16.5. The maximum Gasteiger partial charge on any atom is 0.334 e. The van der Waals surface area contributed by atoms with Crippen molar-refractivity contribution in [3.63, 3.8) is 0 Å². The largest absolute Gasteiger partial charge is 0.479 e. The average molecular weight is 245 g/mol. The van der Waals surface area contributed by atoms with Gasteiger partial charge >= 0.3 is 12.0 Å². The van der Waals surface area contributed by atoms with Gasteiger partial charge in [0.15, 0.2) is 6.10 Å². The maximum atomic E-state index is 11.7. The summed E-state index contributed by atoms with van der Waals surface area (Å²) in [4.78, 5) is 26.2. The van der Waals surface area contributed by atoms with Gasteiger partial charge in [-0.3, -0.25) is 0 Å². The molecule has 98 valence electrons. The molecule has 1 unspecified atom stereocenters. The number of carboxylic acid groups (broad SMARTS) is 1. The zero-order chi connectivity index (χ0) is 12.8. The van der Waals surface area contributed by atoms with E-state index in [2.05, 4.69) is 10.2 Å². The SMILES string of the molecule is COC(CNC(=O)N1CCN(C)CC1)C(=O)O. The van der Waals surface area contributed by atoms with Crippen LogP contribution in [0, 0.1) is 0 Å². The normalized spacial score (nSPS) is 18.8. The number of amides is 2. The molecule has 0 aromatic carbocycles. The topological polar surface area (TPSA) is 82.1 Å². The number of nitrogens with one attached hydrogen (secondary N) is 1. The van der Waals surface area contributed by atoms with Crippen LogP contribution in [-0.2, 0) is 9.53 Å². The van der Waals surface area contributed by atoms with Gasteiger partial charge in [-0.05, 0) is 7.05 Å². The minimum Gasteiger partial charge on any atom is -0.479 e. The molecule has 0 aromatic heterocycles. The van der Waals surface area contributed by atoms with E-state index in [0.717, 1.165) is 13.1 Å². The fourth-order valence-corrected chi connectivity index (χ4v) is 1.57. The number of hydrogen-bond donors (Lipinski definition) is 2. The van der Waals surface area contributed by atoms with Gasteiger partial charge in [0.1, 0.15) is 0 Å². The van der Waals surface area contributed by atoms with E-state index in [1.807, 2.05) is 7.05 Å². The third kappa shape index (κ3) is 4.20. The number of urea groups is 1. The Balaban J connectivity index is 2.31. The van der Waals surface area contributed by atoms with E-state index in [9.17, 15) is 9.59 Å². The Morgan fingerprint density at radius 3 is 2.41 bits per heavy atom. The van der Waals surface area contributed by atoms with Gasteiger partial charge < -0.3 is 25.0 Å². The Kier molecular flexibility index (Phi) is 5.17. The van der Waals surface area contributed by atoms with Crippen molar-refractivity contribution < 1.29 is 19.4 Å². The number of ether oxygens (including phenoxy) is 1. The fourth-order valence-electron chi connectivity index (χ4n) is 1.57. The molecule has 1 aliphatic heterocycles. The minimum absolute atomic E-state index is 0.0169. The van der Waals surface area contributed by atoms with Crippen molar-refractivity contribution in [2.45, 2.75) is 6.10 Å². The summed E-state index contributed by atoms with van der Waals surface area (Å²) >= 11 is 0. The van der Waals surface area contributed by atoms with Gasteiger partial charge in [0.05, 0.1) is 6.54 Å². The number of carbonyl (C=O) groups excluding carboxylic acids is 1. The van der Waals surface area contributed by atoms with Crippen LogP contribution in [0.1, 0.15) is 0 Å². The molecule has 0 saturated carbocycles. The quantitative estimate of drug-likeness (QED) is 0.667. The van der Waals surface area contributed by atoms with E-state index in [1.165, 1.54) is 7.11 Å². The molecule has 17 heavy (non-hydrogen) atoms. The highest BCUT2D eigenvalue weighted by Gasteiger charge is 2.21. The molecule has 1 rings (SSSR count). The van der Waals surface area contributed by atoms with Crippen LogP contribution in [0.4, 0.5) is 4.79 Å². The molecule has 1 saturated heterocycles. The molecule has 1 heterocycles. The molecule has 0 aliphatic carbocycles. The highest BCUT2D eigenvalue weighted by Crippen LogP contribution is 1.99. The van der Waals surface area contributed by atoms with Crippen LogP contribution in [0.5, 0.6) is 0 Å². The smallest absolute Gasteiger partial charge is 0.334 e. The third-order valence-corrected chi connectivity index (χ3v) is 2.79. The highest BCUT2D eigenvalue weighted by molar-refractivity contribution is 5.77. The lowest BCUT2D eigenvalue weighted by molar-refractivity contribution is -0.148. The maximum absolute atomic E-state index is 11.7. The Labute approximate surface area is 100 Å². The lowest BCUT2D eigenvalue weighted by Gasteiger charge is -2.32. The Bertz CT molecular complexity index is 277. The summed E-state index contributed by atoms with van der Waals surface area (Å²) in [6.07, 6.45) is -0.994. The molecule has 2 amide bonds. The molecule has 7 heteroatoms. The molecule has 1 fully saturated rings. The first kappa shape index (κ1) is 13.7. The van der Waals surface area contributed by atoms with Crippen molar-refractivity contribution in [3.8, 4) is 0 Å². The van der Waals surface area contributed by atoms with Crippen molar-refractivity contribution in [3.05, 3.63) is 0 Å². The number of rotatable bonds is 4. The van der Waals surface area contributed by atoms with Crippen LogP contribution in [-0.4, -0.2) is 79.9 Å². The number of likely N-dealkylation sites (N-methyl/N-ethyl adjacent to an activating group) is 1. The van der Waals surface area contributed by atoms with Crippen molar-refractivity contribution in [1.29, 1.82) is 0 Å². The summed E-state index contributed by atoms with van der Waals surface area (Å²) in [7, 11) is 3.31. The van der Waals surface area contributed by atoms with Gasteiger partial charge in [0, 0.05) is 33.3 Å². The summed E-state index contributed by atoms with van der Waals surface area (Å²) in [5, 5.41) is 11.3. The van der Waals surface area contributed by atoms with Crippen LogP contribution >= 0.6 is 0 Å². The molecule has 2 N–H and O–H groups in total. The van der Waals surface area contributed by atoms with Gasteiger partial charge in [-0.2, -0.15) is 0 Å². The van der Waals surface area contributed by atoms with E-state index in [4.69, 9.17) is 9.84 Å². The van der Waals surface area contributed by atoms with E-state index >= 15 is 0 Å². The summed E-state index contributed by atoms with van der Waals surface area (Å²) in [6, 6.07) is -0.235. The van der Waals surface area contributed by atoms with Crippen LogP contribution in [0.15, 0.2) is 0 Å². The summed E-state index contributed by atoms with van der Waals surface area (Å²) in [5.74, 6) is -1.08. The van der Waals surface area contributed by atoms with Crippen molar-refractivity contribution in [2.24, 2.45) is 0 Å². The van der Waals surface area contributed by atoms with E-state index in [0.29, 0.717) is 13.1 Å². The van der Waals surface area contributed by atoms with E-state index < -0.39 is 12.1 Å². The number of nitrogens with zero attached hydrogens (tertiary/aromatic N) is 2. The zero-order valence-corrected chi connectivity index (χ0v) is 10.2. The number of carbonyl (C=O) groups is 2. The first-order valence-corrected chi connectivity index (χ1v) is 5.51. The number of carboxylic acids is 1. The second-order valence-corrected chi connectivity index (χ2v) is 4.04. The number of aliphatic carboxylic acids is 1. The molecule has 7 nitrogen and oxygen atoms in total. The van der Waals surface area contributed by atoms with Gasteiger partial charge in [0.25, 0.3) is 0 Å². The Morgan fingerprint density at radius 1 is 1.35 bits per heavy atom. The van der Waals surface area contributed by atoms with Crippen LogP contribution in [0.2, 0.25) is 0 Å². The van der Waals surface area contributed by atoms with Gasteiger partial charge in [-0.25, -0.2) is 9.59 Å². The number of methoxy groups -OCH3 is 1. The van der Waals surface area contributed by atoms with Gasteiger partial charge in [-0.15, -0.1) is 0 Å². The number of hydrogen-bond acceptors (Lipinski definition) is 4. The third-order valence-electron chi connectivity index (χ3n) is 2.79. The van der Waals surface area contributed by atoms with E-state index in [-0.39, 0.29) is 12.6 Å². The van der Waals surface area contributed by atoms with Crippen molar-refractivity contribution in [2.75, 3.05) is 46.9 Å². The standard InChI is InChI=1S/C10H19N3O4/c1-12-3-5-13(6-4-12)10(16)11-7-8(17-2)9(14)15/h8H,3-7H2,1-2H3,(H,11,16)(H,14,15). The Morgan fingerprint density at radius 2 is 1.94 bits per heavy atom. The first-order valence-electron chi connectivity index (χ1n) is 5.51. The molecule has 0 radical (unpaired) electrons. The first-order chi connectivity index (χ1) is 8.04. The second-order valence-electron chi connectivity index (χ2n) is 4.04. The second kappa shape index (κ2) is 6.41. The van der Waals surface area contributed by atoms with E-state index in [1.54, 1.807) is 4.90 Å². The summed E-state index contributed by atoms with van der Waals surface area (Å²) < 4.78 is 4.73. The fraction of sp³-hybridized carbons (Fsp3) is 0.800. The predicted molar refractivity (Wildman–Crippen MR) is 60.9 cm³/mol. The Hall–Kier alpha value is -1.34. The molecule has 0 aromatic rings. The van der Waals surface area contributed by atoms with Crippen molar-refractivity contribution >= 4 is 12.0 Å². The van der Waals surface area contributed by atoms with Crippen LogP contribution in [0.3, 0.4) is 0 Å². The zero-order valence-electron chi connectivity index (χ0n) is 10.2. The summed E-state index contributed by atoms with van der Waals surface area (Å²) in [6.45, 7) is 2.97. The van der Waals surface area contributed by atoms with Gasteiger partial charge in [0.2, 0.25) is 0 Å². The van der Waals surface area contributed by atoms with Crippen LogP contribution < -0.4 is 5.32 Å². The molecule has 0 spiro atoms.